The van der Waals surface area contributed by atoms with Gasteiger partial charge >= 0.3 is 0 Å². The minimum Gasteiger partial charge on any atom is -0.384 e. The van der Waals surface area contributed by atoms with Gasteiger partial charge < -0.3 is 10.6 Å². The smallest absolute Gasteiger partial charge is 0.243 e. The first kappa shape index (κ1) is 13.8. The van der Waals surface area contributed by atoms with Crippen LogP contribution in [0.2, 0.25) is 0 Å². The lowest BCUT2D eigenvalue weighted by Gasteiger charge is -2.34. The third-order valence-corrected chi connectivity index (χ3v) is 5.83. The summed E-state index contributed by atoms with van der Waals surface area (Å²) in [5.41, 5.74) is 5.57. The number of hydrogen-bond acceptors (Lipinski definition) is 5. The molecule has 0 aromatic carbocycles. The summed E-state index contributed by atoms with van der Waals surface area (Å²) in [5.74, 6) is 1.08. The molecule has 2 N–H and O–H groups in total. The molecule has 20 heavy (non-hydrogen) atoms. The van der Waals surface area contributed by atoms with Crippen LogP contribution in [-0.4, -0.2) is 55.3 Å². The van der Waals surface area contributed by atoms with Crippen molar-refractivity contribution in [3.05, 3.63) is 18.3 Å². The van der Waals surface area contributed by atoms with E-state index in [1.807, 2.05) is 0 Å². The average Bonchev–Trinajstić information content (AvgIpc) is 3.23. The summed E-state index contributed by atoms with van der Waals surface area (Å²) in [6.45, 7) is 3.86. The molecule has 1 aromatic rings. The Bertz CT molecular complexity index is 578. The molecule has 0 spiro atoms. The van der Waals surface area contributed by atoms with Gasteiger partial charge in [-0.15, -0.1) is 0 Å². The van der Waals surface area contributed by atoms with E-state index in [9.17, 15) is 8.42 Å². The normalized spacial score (nSPS) is 22.0. The fourth-order valence-corrected chi connectivity index (χ4v) is 4.00. The van der Waals surface area contributed by atoms with Crippen molar-refractivity contribution in [3.63, 3.8) is 0 Å². The van der Waals surface area contributed by atoms with Crippen LogP contribution >= 0.6 is 0 Å². The van der Waals surface area contributed by atoms with Gasteiger partial charge in [0.15, 0.2) is 0 Å². The summed E-state index contributed by atoms with van der Waals surface area (Å²) < 4.78 is 26.6. The number of nitrogens with two attached hydrogens (primary N) is 1. The maximum atomic E-state index is 12.5. The lowest BCUT2D eigenvalue weighted by atomic mass is 10.3. The van der Waals surface area contributed by atoms with E-state index >= 15 is 0 Å². The van der Waals surface area contributed by atoms with Gasteiger partial charge in [-0.2, -0.15) is 4.31 Å². The Morgan fingerprint density at radius 3 is 2.55 bits per heavy atom. The number of nitrogen functional groups attached to an aromatic ring is 1. The van der Waals surface area contributed by atoms with Crippen LogP contribution in [-0.2, 0) is 10.0 Å². The molecule has 1 saturated carbocycles. The van der Waals surface area contributed by atoms with Gasteiger partial charge in [-0.1, -0.05) is 0 Å². The van der Waals surface area contributed by atoms with Gasteiger partial charge in [-0.3, -0.25) is 0 Å². The number of rotatable bonds is 4. The number of sulfonamides is 1. The first-order chi connectivity index (χ1) is 9.55. The molecule has 2 heterocycles. The highest BCUT2D eigenvalue weighted by molar-refractivity contribution is 7.89. The van der Waals surface area contributed by atoms with E-state index in [-0.39, 0.29) is 10.7 Å². The van der Waals surface area contributed by atoms with E-state index in [1.165, 1.54) is 31.2 Å². The van der Waals surface area contributed by atoms with E-state index in [0.717, 1.165) is 25.6 Å². The zero-order chi connectivity index (χ0) is 14.2. The van der Waals surface area contributed by atoms with Crippen LogP contribution in [0.1, 0.15) is 12.8 Å². The molecular weight excluding hydrogens is 276 g/mol. The third kappa shape index (κ3) is 2.94. The minimum absolute atomic E-state index is 0.235. The van der Waals surface area contributed by atoms with Crippen molar-refractivity contribution in [2.24, 2.45) is 5.92 Å². The Labute approximate surface area is 119 Å². The zero-order valence-electron chi connectivity index (χ0n) is 11.4. The molecule has 1 aliphatic heterocycles. The maximum absolute atomic E-state index is 12.5. The van der Waals surface area contributed by atoms with Crippen LogP contribution < -0.4 is 5.73 Å². The standard InChI is InChI=1S/C13H20N4O2S/c14-13-9-12(3-4-15-13)20(18,19)17-7-5-16(6-8-17)10-11-1-2-11/h3-4,9,11H,1-2,5-8,10H2,(H2,14,15). The second-order valence-corrected chi connectivity index (χ2v) is 7.50. The number of aromatic nitrogens is 1. The van der Waals surface area contributed by atoms with E-state index in [0.29, 0.717) is 13.1 Å². The monoisotopic (exact) mass is 296 g/mol. The second-order valence-electron chi connectivity index (χ2n) is 5.56. The highest BCUT2D eigenvalue weighted by atomic mass is 32.2. The van der Waals surface area contributed by atoms with Crippen molar-refractivity contribution in [1.29, 1.82) is 0 Å². The van der Waals surface area contributed by atoms with E-state index < -0.39 is 10.0 Å². The summed E-state index contributed by atoms with van der Waals surface area (Å²) in [7, 11) is -3.43. The van der Waals surface area contributed by atoms with Crippen LogP contribution in [0, 0.1) is 5.92 Å². The molecule has 110 valence electrons. The topological polar surface area (TPSA) is 79.5 Å². The number of piperazine rings is 1. The first-order valence-corrected chi connectivity index (χ1v) is 8.44. The predicted molar refractivity (Wildman–Crippen MR) is 76.6 cm³/mol. The van der Waals surface area contributed by atoms with Crippen molar-refractivity contribution in [2.45, 2.75) is 17.7 Å². The molecule has 3 rings (SSSR count). The van der Waals surface area contributed by atoms with Crippen LogP contribution in [0.25, 0.3) is 0 Å². The van der Waals surface area contributed by atoms with E-state index in [2.05, 4.69) is 9.88 Å². The molecule has 2 aliphatic rings. The van der Waals surface area contributed by atoms with Crippen molar-refractivity contribution in [3.8, 4) is 0 Å². The van der Waals surface area contributed by atoms with Gasteiger partial charge in [0.05, 0.1) is 4.90 Å². The molecular formula is C13H20N4O2S. The molecule has 0 atom stereocenters. The molecule has 1 saturated heterocycles. The van der Waals surface area contributed by atoms with Gasteiger partial charge in [0.2, 0.25) is 10.0 Å². The fourth-order valence-electron chi connectivity index (χ4n) is 2.56. The average molecular weight is 296 g/mol. The quantitative estimate of drug-likeness (QED) is 0.869. The maximum Gasteiger partial charge on any atom is 0.243 e. The van der Waals surface area contributed by atoms with E-state index in [4.69, 9.17) is 5.73 Å². The summed E-state index contributed by atoms with van der Waals surface area (Å²) in [6.07, 6.45) is 4.09. The third-order valence-electron chi connectivity index (χ3n) is 3.93. The minimum atomic E-state index is -3.43. The second kappa shape index (κ2) is 5.31. The van der Waals surface area contributed by atoms with Gasteiger partial charge in [0, 0.05) is 45.0 Å². The molecule has 2 fully saturated rings. The summed E-state index contributed by atoms with van der Waals surface area (Å²) in [5, 5.41) is 0. The van der Waals surface area contributed by atoms with Crippen LogP contribution in [0.15, 0.2) is 23.2 Å². The Morgan fingerprint density at radius 1 is 1.25 bits per heavy atom. The summed E-state index contributed by atoms with van der Waals surface area (Å²) in [4.78, 5) is 6.44. The fraction of sp³-hybridized carbons (Fsp3) is 0.615. The predicted octanol–water partition coefficient (Wildman–Crippen LogP) is 0.380. The molecule has 0 radical (unpaired) electrons. The molecule has 6 nitrogen and oxygen atoms in total. The Kier molecular flexibility index (Phi) is 3.66. The van der Waals surface area contributed by atoms with Gasteiger partial charge in [0.1, 0.15) is 5.82 Å². The highest BCUT2D eigenvalue weighted by Gasteiger charge is 2.31. The summed E-state index contributed by atoms with van der Waals surface area (Å²) >= 11 is 0. The molecule has 0 amide bonds. The van der Waals surface area contributed by atoms with Crippen molar-refractivity contribution in [1.82, 2.24) is 14.2 Å². The number of anilines is 1. The van der Waals surface area contributed by atoms with Crippen molar-refractivity contribution in [2.75, 3.05) is 38.5 Å². The molecule has 1 aromatic heterocycles. The van der Waals surface area contributed by atoms with Crippen LogP contribution in [0.5, 0.6) is 0 Å². The molecule has 0 bridgehead atoms. The van der Waals surface area contributed by atoms with E-state index in [1.54, 1.807) is 4.31 Å². The van der Waals surface area contributed by atoms with Gasteiger partial charge in [-0.05, 0) is 24.8 Å². The lowest BCUT2D eigenvalue weighted by molar-refractivity contribution is 0.182. The molecule has 1 aliphatic carbocycles. The van der Waals surface area contributed by atoms with Crippen LogP contribution in [0.3, 0.4) is 0 Å². The number of pyridine rings is 1. The van der Waals surface area contributed by atoms with Crippen molar-refractivity contribution < 1.29 is 8.42 Å². The van der Waals surface area contributed by atoms with Crippen LogP contribution in [0.4, 0.5) is 5.82 Å². The Hall–Kier alpha value is -1.18. The SMILES string of the molecule is Nc1cc(S(=O)(=O)N2CCN(CC3CC3)CC2)ccn1. The first-order valence-electron chi connectivity index (χ1n) is 7.00. The lowest BCUT2D eigenvalue weighted by Crippen LogP contribution is -2.49. The zero-order valence-corrected chi connectivity index (χ0v) is 12.2. The highest BCUT2D eigenvalue weighted by Crippen LogP contribution is 2.30. The summed E-state index contributed by atoms with van der Waals surface area (Å²) in [6, 6.07) is 2.92. The number of hydrogen-bond donors (Lipinski definition) is 1. The Balaban J connectivity index is 1.66. The molecule has 7 heteroatoms. The number of nitrogens with zero attached hydrogens (tertiary/aromatic N) is 3. The van der Waals surface area contributed by atoms with Gasteiger partial charge in [-0.25, -0.2) is 13.4 Å². The Morgan fingerprint density at radius 2 is 1.95 bits per heavy atom. The van der Waals surface area contributed by atoms with Gasteiger partial charge in [0.25, 0.3) is 0 Å². The van der Waals surface area contributed by atoms with Crippen molar-refractivity contribution >= 4 is 15.8 Å². The largest absolute Gasteiger partial charge is 0.384 e. The molecule has 0 unspecified atom stereocenters.